The molecule has 0 spiro atoms. The Balaban J connectivity index is 0.00000144. The number of aliphatic carboxylic acids is 1. The van der Waals surface area contributed by atoms with E-state index in [1.807, 2.05) is 0 Å². The van der Waals surface area contributed by atoms with Crippen LogP contribution in [0.2, 0.25) is 0 Å². The van der Waals surface area contributed by atoms with Crippen LogP contribution >= 0.6 is 0 Å². The molecule has 1 aliphatic rings. The Kier molecular flexibility index (Phi) is 5.83. The van der Waals surface area contributed by atoms with Gasteiger partial charge in [-0.05, 0) is 6.42 Å². The summed E-state index contributed by atoms with van der Waals surface area (Å²) in [5.74, 6) is -1.20. The number of carboxylic acid groups (broad SMARTS) is 1. The zero-order valence-corrected chi connectivity index (χ0v) is 9.75. The van der Waals surface area contributed by atoms with Crippen LogP contribution in [0.5, 0.6) is 0 Å². The summed E-state index contributed by atoms with van der Waals surface area (Å²) in [5.41, 5.74) is -0.457. The van der Waals surface area contributed by atoms with E-state index < -0.39 is 11.6 Å². The van der Waals surface area contributed by atoms with Gasteiger partial charge in [0.05, 0.1) is 25.8 Å². The van der Waals surface area contributed by atoms with Crippen LogP contribution in [0.3, 0.4) is 0 Å². The minimum atomic E-state index is -1.20. The van der Waals surface area contributed by atoms with Gasteiger partial charge in [-0.3, -0.25) is 0 Å². The van der Waals surface area contributed by atoms with Gasteiger partial charge in [0, 0.05) is 0 Å². The molecule has 0 amide bonds. The zero-order valence-electron chi connectivity index (χ0n) is 7.75. The average Bonchev–Trinajstić information content (AvgIpc) is 1.94. The Morgan fingerprint density at radius 2 is 2.31 bits per heavy atom. The molecule has 0 saturated carbocycles. The number of hydrogen-bond acceptors (Lipinski definition) is 4. The van der Waals surface area contributed by atoms with E-state index in [0.717, 1.165) is 0 Å². The van der Waals surface area contributed by atoms with E-state index in [9.17, 15) is 9.90 Å². The van der Waals surface area contributed by atoms with Crippen molar-refractivity contribution in [2.45, 2.75) is 12.0 Å². The summed E-state index contributed by atoms with van der Waals surface area (Å²) in [6.45, 7) is 4.05. The van der Waals surface area contributed by atoms with Crippen molar-refractivity contribution >= 4 is 5.97 Å². The topological polar surface area (TPSA) is 58.6 Å². The number of rotatable bonds is 5. The molecular formula is C8H11NaO4. The molecule has 0 aromatic heterocycles. The largest absolute Gasteiger partial charge is 1.00 e. The molecule has 0 radical (unpaired) electrons. The molecule has 0 aromatic rings. The summed E-state index contributed by atoms with van der Waals surface area (Å²) in [7, 11) is 0. The maximum absolute atomic E-state index is 10.1. The van der Waals surface area contributed by atoms with Gasteiger partial charge in [-0.15, -0.1) is 6.58 Å². The number of carbonyl (C=O) groups excluding carboxylic acids is 1. The van der Waals surface area contributed by atoms with Crippen LogP contribution in [0.25, 0.3) is 0 Å². The van der Waals surface area contributed by atoms with Gasteiger partial charge in [0.2, 0.25) is 0 Å². The summed E-state index contributed by atoms with van der Waals surface area (Å²) in [5, 5.41) is 10.1. The summed E-state index contributed by atoms with van der Waals surface area (Å²) in [6.07, 6.45) is 2.30. The second kappa shape index (κ2) is 5.78. The Labute approximate surface area is 99.2 Å². The number of hydrogen-bond donors (Lipinski definition) is 0. The first kappa shape index (κ1) is 13.1. The van der Waals surface area contributed by atoms with E-state index in [4.69, 9.17) is 9.47 Å². The third-order valence-electron chi connectivity index (χ3n) is 1.74. The Hall–Kier alpha value is 0.130. The molecule has 0 unspecified atom stereocenters. The molecule has 68 valence electrons. The van der Waals surface area contributed by atoms with Gasteiger partial charge in [0.25, 0.3) is 0 Å². The average molecular weight is 194 g/mol. The molecule has 1 heterocycles. The molecule has 0 atom stereocenters. The summed E-state index contributed by atoms with van der Waals surface area (Å²) >= 11 is 0. The van der Waals surface area contributed by atoms with E-state index in [1.165, 1.54) is 0 Å². The van der Waals surface area contributed by atoms with E-state index in [2.05, 4.69) is 6.58 Å². The van der Waals surface area contributed by atoms with Crippen LogP contribution in [0, 0.1) is 0 Å². The molecule has 1 rings (SSSR count). The monoisotopic (exact) mass is 194 g/mol. The second-order valence-electron chi connectivity index (χ2n) is 2.83. The third-order valence-corrected chi connectivity index (χ3v) is 1.74. The molecule has 0 aromatic carbocycles. The van der Waals surface area contributed by atoms with Gasteiger partial charge in [0.15, 0.2) is 0 Å². The first-order valence-corrected chi connectivity index (χ1v) is 3.71. The first-order valence-electron chi connectivity index (χ1n) is 3.71. The SMILES string of the molecule is C=CCC1(OCC(=O)[O-])COC1.[Na+]. The fourth-order valence-corrected chi connectivity index (χ4v) is 1.06. The predicted molar refractivity (Wildman–Crippen MR) is 39.3 cm³/mol. The van der Waals surface area contributed by atoms with Crippen molar-refractivity contribution in [2.24, 2.45) is 0 Å². The Morgan fingerprint density at radius 1 is 1.69 bits per heavy atom. The molecular weight excluding hydrogens is 183 g/mol. The fourth-order valence-electron chi connectivity index (χ4n) is 1.06. The Morgan fingerprint density at radius 3 is 2.62 bits per heavy atom. The predicted octanol–water partition coefficient (Wildman–Crippen LogP) is -3.90. The molecule has 4 nitrogen and oxygen atoms in total. The van der Waals surface area contributed by atoms with E-state index >= 15 is 0 Å². The third kappa shape index (κ3) is 3.79. The van der Waals surface area contributed by atoms with E-state index in [0.29, 0.717) is 19.6 Å². The van der Waals surface area contributed by atoms with Crippen molar-refractivity contribution < 1.29 is 48.9 Å². The molecule has 0 bridgehead atoms. The van der Waals surface area contributed by atoms with Gasteiger partial charge < -0.3 is 19.4 Å². The standard InChI is InChI=1S/C8H12O4.Na/c1-2-3-8(5-11-6-8)12-4-7(9)10;/h2H,1,3-6H2,(H,9,10);/q;+1/p-1. The van der Waals surface area contributed by atoms with Crippen molar-refractivity contribution in [2.75, 3.05) is 19.8 Å². The minimum absolute atomic E-state index is 0. The summed E-state index contributed by atoms with van der Waals surface area (Å²) < 4.78 is 10.0. The van der Waals surface area contributed by atoms with Crippen molar-refractivity contribution in [3.8, 4) is 0 Å². The number of carboxylic acids is 1. The smallest absolute Gasteiger partial charge is 0.548 e. The maximum Gasteiger partial charge on any atom is 1.00 e. The molecule has 1 saturated heterocycles. The number of carbonyl (C=O) groups is 1. The van der Waals surface area contributed by atoms with Crippen LogP contribution in [-0.4, -0.2) is 31.4 Å². The molecule has 0 N–H and O–H groups in total. The normalized spacial score (nSPS) is 18.2. The zero-order chi connectivity index (χ0) is 9.03. The number of ether oxygens (including phenoxy) is 2. The quantitative estimate of drug-likeness (QED) is 0.331. The van der Waals surface area contributed by atoms with Gasteiger partial charge >= 0.3 is 29.6 Å². The van der Waals surface area contributed by atoms with Crippen LogP contribution < -0.4 is 34.7 Å². The van der Waals surface area contributed by atoms with Crippen LogP contribution in [-0.2, 0) is 14.3 Å². The van der Waals surface area contributed by atoms with Crippen molar-refractivity contribution in [1.82, 2.24) is 0 Å². The summed E-state index contributed by atoms with van der Waals surface area (Å²) in [6, 6.07) is 0. The first-order chi connectivity index (χ1) is 5.68. The minimum Gasteiger partial charge on any atom is -0.548 e. The van der Waals surface area contributed by atoms with Gasteiger partial charge in [-0.1, -0.05) is 6.08 Å². The Bertz CT molecular complexity index is 189. The maximum atomic E-state index is 10.1. The molecule has 1 aliphatic heterocycles. The van der Waals surface area contributed by atoms with Crippen molar-refractivity contribution in [3.05, 3.63) is 12.7 Å². The van der Waals surface area contributed by atoms with Gasteiger partial charge in [-0.2, -0.15) is 0 Å². The second-order valence-corrected chi connectivity index (χ2v) is 2.83. The van der Waals surface area contributed by atoms with Crippen molar-refractivity contribution in [1.29, 1.82) is 0 Å². The fraction of sp³-hybridized carbons (Fsp3) is 0.625. The van der Waals surface area contributed by atoms with Crippen LogP contribution in [0.1, 0.15) is 6.42 Å². The summed E-state index contributed by atoms with van der Waals surface area (Å²) in [4.78, 5) is 10.1. The van der Waals surface area contributed by atoms with E-state index in [1.54, 1.807) is 6.08 Å². The van der Waals surface area contributed by atoms with Crippen LogP contribution in [0.15, 0.2) is 12.7 Å². The van der Waals surface area contributed by atoms with Crippen LogP contribution in [0.4, 0.5) is 0 Å². The molecule has 13 heavy (non-hydrogen) atoms. The van der Waals surface area contributed by atoms with Gasteiger partial charge in [0.1, 0.15) is 5.60 Å². The molecule has 5 heteroatoms. The molecule has 1 fully saturated rings. The molecule has 0 aliphatic carbocycles. The van der Waals surface area contributed by atoms with E-state index in [-0.39, 0.29) is 36.2 Å². The van der Waals surface area contributed by atoms with Gasteiger partial charge in [-0.25, -0.2) is 0 Å². The van der Waals surface area contributed by atoms with Crippen molar-refractivity contribution in [3.63, 3.8) is 0 Å².